The normalized spacial score (nSPS) is 11.3. The first-order chi connectivity index (χ1) is 9.38. The Hall–Kier alpha value is -2.30. The predicted molar refractivity (Wildman–Crippen MR) is 76.8 cm³/mol. The number of benzene rings is 1. The molecule has 0 aliphatic heterocycles. The van der Waals surface area contributed by atoms with Gasteiger partial charge in [0.1, 0.15) is 5.75 Å². The average Bonchev–Trinajstić information content (AvgIpc) is 2.37. The lowest BCUT2D eigenvalue weighted by molar-refractivity contribution is -0.131. The number of ether oxygens (including phenoxy) is 1. The van der Waals surface area contributed by atoms with E-state index in [9.17, 15) is 9.59 Å². The molecular formula is C15H19NO4. The van der Waals surface area contributed by atoms with Crippen LogP contribution in [0.2, 0.25) is 0 Å². The highest BCUT2D eigenvalue weighted by molar-refractivity contribution is 6.06. The molecule has 5 heteroatoms. The number of carboxylic acids is 1. The number of hydrogen-bond acceptors (Lipinski definition) is 3. The lowest BCUT2D eigenvalue weighted by Gasteiger charge is -2.10. The van der Waals surface area contributed by atoms with Crippen LogP contribution in [0.15, 0.2) is 35.9 Å². The van der Waals surface area contributed by atoms with Crippen LogP contribution in [0.25, 0.3) is 0 Å². The van der Waals surface area contributed by atoms with Gasteiger partial charge in [-0.1, -0.05) is 13.8 Å². The molecule has 0 saturated heterocycles. The average molecular weight is 277 g/mol. The van der Waals surface area contributed by atoms with Crippen LogP contribution >= 0.6 is 0 Å². The van der Waals surface area contributed by atoms with Gasteiger partial charge in [-0.2, -0.15) is 0 Å². The van der Waals surface area contributed by atoms with Gasteiger partial charge in [0, 0.05) is 17.3 Å². The fourth-order valence-corrected chi connectivity index (χ4v) is 1.38. The molecule has 1 amide bonds. The molecular weight excluding hydrogens is 258 g/mol. The predicted octanol–water partition coefficient (Wildman–Crippen LogP) is 2.69. The van der Waals surface area contributed by atoms with Crippen LogP contribution in [0.5, 0.6) is 5.75 Å². The molecule has 1 aromatic carbocycles. The van der Waals surface area contributed by atoms with Crippen molar-refractivity contribution in [3.05, 3.63) is 35.9 Å². The Morgan fingerprint density at radius 3 is 2.40 bits per heavy atom. The summed E-state index contributed by atoms with van der Waals surface area (Å²) in [6.45, 7) is 6.20. The summed E-state index contributed by atoms with van der Waals surface area (Å²) in [6, 6.07) is 6.94. The molecule has 1 rings (SSSR count). The van der Waals surface area contributed by atoms with Crippen LogP contribution in [0.3, 0.4) is 0 Å². The number of carbonyl (C=O) groups is 2. The molecule has 0 aliphatic rings. The summed E-state index contributed by atoms with van der Waals surface area (Å²) in [7, 11) is 0. The highest BCUT2D eigenvalue weighted by Crippen LogP contribution is 2.17. The number of carboxylic acid groups (broad SMARTS) is 1. The number of nitrogens with one attached hydrogen (secondary N) is 1. The van der Waals surface area contributed by atoms with Crippen molar-refractivity contribution in [2.24, 2.45) is 5.92 Å². The van der Waals surface area contributed by atoms with Crippen molar-refractivity contribution < 1.29 is 19.4 Å². The molecule has 0 aliphatic carbocycles. The van der Waals surface area contributed by atoms with E-state index in [1.54, 1.807) is 24.3 Å². The van der Waals surface area contributed by atoms with Crippen LogP contribution in [0.1, 0.15) is 20.8 Å². The second kappa shape index (κ2) is 7.33. The van der Waals surface area contributed by atoms with Crippen molar-refractivity contribution >= 4 is 17.6 Å². The highest BCUT2D eigenvalue weighted by atomic mass is 16.5. The molecule has 0 saturated carbocycles. The Kier molecular flexibility index (Phi) is 5.77. The minimum atomic E-state index is -1.14. The summed E-state index contributed by atoms with van der Waals surface area (Å²) in [6.07, 6.45) is 0.870. The maximum Gasteiger partial charge on any atom is 0.328 e. The first kappa shape index (κ1) is 15.8. The SMILES string of the molecule is C/C(=C\C(=O)O)C(=O)Nc1ccc(OCC(C)C)cc1. The molecule has 5 nitrogen and oxygen atoms in total. The Labute approximate surface area is 118 Å². The standard InChI is InChI=1S/C15H19NO4/c1-10(2)9-20-13-6-4-12(5-7-13)16-15(19)11(3)8-14(17)18/h4-8,10H,9H2,1-3H3,(H,16,19)(H,17,18)/b11-8+. The van der Waals surface area contributed by atoms with Gasteiger partial charge in [-0.15, -0.1) is 0 Å². The zero-order valence-electron chi connectivity index (χ0n) is 11.8. The largest absolute Gasteiger partial charge is 0.493 e. The van der Waals surface area contributed by atoms with Crippen molar-refractivity contribution in [1.29, 1.82) is 0 Å². The summed E-state index contributed by atoms with van der Waals surface area (Å²) < 4.78 is 5.53. The minimum Gasteiger partial charge on any atom is -0.493 e. The maximum absolute atomic E-state index is 11.7. The van der Waals surface area contributed by atoms with E-state index in [0.29, 0.717) is 18.2 Å². The van der Waals surface area contributed by atoms with Gasteiger partial charge in [0.2, 0.25) is 0 Å². The van der Waals surface area contributed by atoms with Crippen LogP contribution < -0.4 is 10.1 Å². The first-order valence-corrected chi connectivity index (χ1v) is 6.34. The van der Waals surface area contributed by atoms with E-state index in [0.717, 1.165) is 11.8 Å². The monoisotopic (exact) mass is 277 g/mol. The van der Waals surface area contributed by atoms with Gasteiger partial charge in [-0.05, 0) is 37.1 Å². The van der Waals surface area contributed by atoms with Crippen molar-refractivity contribution in [2.45, 2.75) is 20.8 Å². The maximum atomic E-state index is 11.7. The van der Waals surface area contributed by atoms with Gasteiger partial charge in [-0.25, -0.2) is 4.79 Å². The van der Waals surface area contributed by atoms with Crippen LogP contribution in [0, 0.1) is 5.92 Å². The number of hydrogen-bond donors (Lipinski definition) is 2. The topological polar surface area (TPSA) is 75.6 Å². The Morgan fingerprint density at radius 2 is 1.90 bits per heavy atom. The lowest BCUT2D eigenvalue weighted by atomic mass is 10.2. The van der Waals surface area contributed by atoms with Crippen LogP contribution in [-0.4, -0.2) is 23.6 Å². The van der Waals surface area contributed by atoms with Gasteiger partial charge in [-0.3, -0.25) is 4.79 Å². The van der Waals surface area contributed by atoms with E-state index < -0.39 is 11.9 Å². The molecule has 1 aromatic rings. The molecule has 0 atom stereocenters. The second-order valence-corrected chi connectivity index (χ2v) is 4.85. The third-order valence-electron chi connectivity index (χ3n) is 2.39. The molecule has 0 unspecified atom stereocenters. The summed E-state index contributed by atoms with van der Waals surface area (Å²) in [4.78, 5) is 22.1. The second-order valence-electron chi connectivity index (χ2n) is 4.85. The number of aliphatic carboxylic acids is 1. The minimum absolute atomic E-state index is 0.137. The zero-order chi connectivity index (χ0) is 15.1. The van der Waals surface area contributed by atoms with Crippen molar-refractivity contribution in [3.8, 4) is 5.75 Å². The smallest absolute Gasteiger partial charge is 0.328 e. The third-order valence-corrected chi connectivity index (χ3v) is 2.39. The Bertz CT molecular complexity index is 503. The Balaban J connectivity index is 2.61. The summed E-state index contributed by atoms with van der Waals surface area (Å²) in [5.74, 6) is -0.411. The number of anilines is 1. The molecule has 0 heterocycles. The van der Waals surface area contributed by atoms with E-state index >= 15 is 0 Å². The number of rotatable bonds is 6. The summed E-state index contributed by atoms with van der Waals surface area (Å²) in [5, 5.41) is 11.2. The van der Waals surface area contributed by atoms with E-state index in [1.165, 1.54) is 6.92 Å². The molecule has 0 bridgehead atoms. The van der Waals surface area contributed by atoms with Crippen molar-refractivity contribution in [2.75, 3.05) is 11.9 Å². The fraction of sp³-hybridized carbons (Fsp3) is 0.333. The van der Waals surface area contributed by atoms with E-state index in [2.05, 4.69) is 19.2 Å². The first-order valence-electron chi connectivity index (χ1n) is 6.34. The molecule has 0 spiro atoms. The number of amides is 1. The molecule has 2 N–H and O–H groups in total. The van der Waals surface area contributed by atoms with Gasteiger partial charge in [0.15, 0.2) is 0 Å². The van der Waals surface area contributed by atoms with E-state index in [-0.39, 0.29) is 5.57 Å². The van der Waals surface area contributed by atoms with E-state index in [1.807, 2.05) is 0 Å². The summed E-state index contributed by atoms with van der Waals surface area (Å²) >= 11 is 0. The number of carbonyl (C=O) groups excluding carboxylic acids is 1. The third kappa shape index (κ3) is 5.56. The molecule has 20 heavy (non-hydrogen) atoms. The van der Waals surface area contributed by atoms with Gasteiger partial charge < -0.3 is 15.2 Å². The van der Waals surface area contributed by atoms with Crippen molar-refractivity contribution in [3.63, 3.8) is 0 Å². The lowest BCUT2D eigenvalue weighted by Crippen LogP contribution is -2.13. The highest BCUT2D eigenvalue weighted by Gasteiger charge is 2.06. The summed E-state index contributed by atoms with van der Waals surface area (Å²) in [5.41, 5.74) is 0.725. The molecule has 0 aromatic heterocycles. The van der Waals surface area contributed by atoms with E-state index in [4.69, 9.17) is 9.84 Å². The molecule has 0 radical (unpaired) electrons. The molecule has 0 fully saturated rings. The van der Waals surface area contributed by atoms with Crippen molar-refractivity contribution in [1.82, 2.24) is 0 Å². The quantitative estimate of drug-likeness (QED) is 0.784. The van der Waals surface area contributed by atoms with Gasteiger partial charge in [0.25, 0.3) is 5.91 Å². The van der Waals surface area contributed by atoms with Gasteiger partial charge in [0.05, 0.1) is 6.61 Å². The fourth-order valence-electron chi connectivity index (χ4n) is 1.38. The van der Waals surface area contributed by atoms with Crippen LogP contribution in [0.4, 0.5) is 5.69 Å². The zero-order valence-corrected chi connectivity index (χ0v) is 11.8. The Morgan fingerprint density at radius 1 is 1.30 bits per heavy atom. The molecule has 108 valence electrons. The van der Waals surface area contributed by atoms with Gasteiger partial charge >= 0.3 is 5.97 Å². The van der Waals surface area contributed by atoms with Crippen LogP contribution in [-0.2, 0) is 9.59 Å².